The van der Waals surface area contributed by atoms with Crippen LogP contribution < -0.4 is 4.90 Å². The molecular weight excluding hydrogens is 492 g/mol. The molecule has 0 radical (unpaired) electrons. The molecule has 0 spiro atoms. The van der Waals surface area contributed by atoms with Gasteiger partial charge in [0.25, 0.3) is 5.91 Å². The third-order valence-electron chi connectivity index (χ3n) is 7.46. The zero-order valence-electron chi connectivity index (χ0n) is 22.5. The van der Waals surface area contributed by atoms with Crippen LogP contribution in [0.2, 0.25) is 0 Å². The molecule has 2 aromatic carbocycles. The molecule has 9 nitrogen and oxygen atoms in total. The van der Waals surface area contributed by atoms with Gasteiger partial charge in [-0.25, -0.2) is 0 Å². The Balaban J connectivity index is 1.19. The first kappa shape index (κ1) is 26.8. The largest absolute Gasteiger partial charge is 0.379 e. The van der Waals surface area contributed by atoms with Crippen LogP contribution in [-0.4, -0.2) is 109 Å². The molecule has 3 aromatic rings. The second-order valence-electron chi connectivity index (χ2n) is 10.0. The third kappa shape index (κ3) is 6.79. The first-order chi connectivity index (χ1) is 19.1. The lowest BCUT2D eigenvalue weighted by molar-refractivity contribution is -0.132. The Morgan fingerprint density at radius 3 is 2.26 bits per heavy atom. The fraction of sp³-hybridized carbons (Fsp3) is 0.400. The van der Waals surface area contributed by atoms with E-state index in [1.54, 1.807) is 4.90 Å². The lowest BCUT2D eigenvalue weighted by atomic mass is 10.1. The minimum absolute atomic E-state index is 0.0240. The topological polar surface area (TPSA) is 82.1 Å². The number of ether oxygens (including phenoxy) is 1. The number of rotatable bonds is 8. The van der Waals surface area contributed by atoms with Crippen LogP contribution in [0.25, 0.3) is 11.3 Å². The molecule has 2 fully saturated rings. The number of aryl methyl sites for hydroxylation is 1. The fourth-order valence-corrected chi connectivity index (χ4v) is 5.03. The van der Waals surface area contributed by atoms with E-state index in [2.05, 4.69) is 20.0 Å². The number of piperazine rings is 1. The van der Waals surface area contributed by atoms with Crippen LogP contribution >= 0.6 is 0 Å². The minimum atomic E-state index is -0.0953. The maximum Gasteiger partial charge on any atom is 0.254 e. The van der Waals surface area contributed by atoms with Crippen LogP contribution in [-0.2, 0) is 9.53 Å². The van der Waals surface area contributed by atoms with Crippen LogP contribution in [0.1, 0.15) is 15.9 Å². The normalized spacial score (nSPS) is 16.2. The number of anilines is 1. The molecular formula is C30H36N6O3. The Labute approximate surface area is 230 Å². The second kappa shape index (κ2) is 12.8. The predicted molar refractivity (Wildman–Crippen MR) is 151 cm³/mol. The lowest BCUT2D eigenvalue weighted by Gasteiger charge is -2.36. The van der Waals surface area contributed by atoms with E-state index in [9.17, 15) is 9.59 Å². The highest BCUT2D eigenvalue weighted by atomic mass is 16.5. The Kier molecular flexibility index (Phi) is 8.80. The highest BCUT2D eigenvalue weighted by molar-refractivity contribution is 5.97. The summed E-state index contributed by atoms with van der Waals surface area (Å²) in [6, 6.07) is 21.5. The van der Waals surface area contributed by atoms with Crippen LogP contribution in [0, 0.1) is 6.92 Å². The van der Waals surface area contributed by atoms with Crippen LogP contribution in [0.15, 0.2) is 66.7 Å². The Bertz CT molecular complexity index is 1240. The van der Waals surface area contributed by atoms with E-state index in [1.807, 2.05) is 78.6 Å². The van der Waals surface area contributed by atoms with Crippen molar-refractivity contribution < 1.29 is 14.3 Å². The van der Waals surface area contributed by atoms with E-state index in [4.69, 9.17) is 4.74 Å². The smallest absolute Gasteiger partial charge is 0.254 e. The van der Waals surface area contributed by atoms with Gasteiger partial charge in [-0.15, -0.1) is 10.2 Å². The summed E-state index contributed by atoms with van der Waals surface area (Å²) in [7, 11) is 0. The first-order valence-corrected chi connectivity index (χ1v) is 13.7. The molecule has 0 bridgehead atoms. The number of carbonyl (C=O) groups is 2. The summed E-state index contributed by atoms with van der Waals surface area (Å²) in [6.45, 7) is 8.83. The number of morpholine rings is 1. The SMILES string of the molecule is Cc1ccccc1C(=O)N(CCN1CCOCC1)CC(=O)N1CCN(c2ccc(-c3ccccc3)nn2)CC1. The van der Waals surface area contributed by atoms with Gasteiger partial charge in [0.1, 0.15) is 6.54 Å². The maximum absolute atomic E-state index is 13.5. The Morgan fingerprint density at radius 2 is 1.56 bits per heavy atom. The molecule has 0 saturated carbocycles. The average Bonchev–Trinajstić information content (AvgIpc) is 3.00. The summed E-state index contributed by atoms with van der Waals surface area (Å²) >= 11 is 0. The van der Waals surface area contributed by atoms with Crippen molar-refractivity contribution in [1.82, 2.24) is 24.9 Å². The van der Waals surface area contributed by atoms with E-state index in [1.165, 1.54) is 0 Å². The summed E-state index contributed by atoms with van der Waals surface area (Å²) in [5.41, 5.74) is 3.43. The molecule has 0 aliphatic carbocycles. The molecule has 2 aliphatic heterocycles. The van der Waals surface area contributed by atoms with Crippen molar-refractivity contribution in [2.45, 2.75) is 6.92 Å². The van der Waals surface area contributed by atoms with E-state index in [0.29, 0.717) is 51.5 Å². The van der Waals surface area contributed by atoms with Crippen molar-refractivity contribution in [3.05, 3.63) is 77.9 Å². The number of aromatic nitrogens is 2. The Morgan fingerprint density at radius 1 is 0.846 bits per heavy atom. The van der Waals surface area contributed by atoms with Crippen molar-refractivity contribution in [1.29, 1.82) is 0 Å². The zero-order valence-corrected chi connectivity index (χ0v) is 22.5. The third-order valence-corrected chi connectivity index (χ3v) is 7.46. The summed E-state index contributed by atoms with van der Waals surface area (Å²) in [4.78, 5) is 34.9. The number of amides is 2. The van der Waals surface area contributed by atoms with Crippen molar-refractivity contribution in [2.24, 2.45) is 0 Å². The molecule has 204 valence electrons. The van der Waals surface area contributed by atoms with Gasteiger partial charge in [-0.05, 0) is 30.7 Å². The zero-order chi connectivity index (χ0) is 27.0. The van der Waals surface area contributed by atoms with Gasteiger partial charge in [-0.2, -0.15) is 0 Å². The van der Waals surface area contributed by atoms with Crippen molar-refractivity contribution in [2.75, 3.05) is 77.0 Å². The molecule has 0 unspecified atom stereocenters. The highest BCUT2D eigenvalue weighted by Crippen LogP contribution is 2.19. The Hall–Kier alpha value is -3.82. The van der Waals surface area contributed by atoms with Crippen LogP contribution in [0.5, 0.6) is 0 Å². The van der Waals surface area contributed by atoms with Crippen LogP contribution in [0.4, 0.5) is 5.82 Å². The van der Waals surface area contributed by atoms with E-state index < -0.39 is 0 Å². The monoisotopic (exact) mass is 528 g/mol. The van der Waals surface area contributed by atoms with Crippen molar-refractivity contribution in [3.8, 4) is 11.3 Å². The number of hydrogen-bond donors (Lipinski definition) is 0. The molecule has 2 saturated heterocycles. The number of nitrogens with zero attached hydrogens (tertiary/aromatic N) is 6. The molecule has 0 N–H and O–H groups in total. The van der Waals surface area contributed by atoms with E-state index in [-0.39, 0.29) is 18.4 Å². The highest BCUT2D eigenvalue weighted by Gasteiger charge is 2.27. The lowest BCUT2D eigenvalue weighted by Crippen LogP contribution is -2.53. The molecule has 2 amide bonds. The van der Waals surface area contributed by atoms with Gasteiger partial charge in [0, 0.05) is 63.5 Å². The summed E-state index contributed by atoms with van der Waals surface area (Å²) < 4.78 is 5.45. The number of benzene rings is 2. The molecule has 1 aromatic heterocycles. The molecule has 39 heavy (non-hydrogen) atoms. The number of hydrogen-bond acceptors (Lipinski definition) is 7. The number of carbonyl (C=O) groups excluding carboxylic acids is 2. The van der Waals surface area contributed by atoms with Gasteiger partial charge < -0.3 is 19.4 Å². The quantitative estimate of drug-likeness (QED) is 0.445. The predicted octanol–water partition coefficient (Wildman–Crippen LogP) is 2.58. The molecule has 3 heterocycles. The fourth-order valence-electron chi connectivity index (χ4n) is 5.03. The van der Waals surface area contributed by atoms with E-state index in [0.717, 1.165) is 42.3 Å². The van der Waals surface area contributed by atoms with Crippen molar-refractivity contribution >= 4 is 17.6 Å². The summed E-state index contributed by atoms with van der Waals surface area (Å²) in [6.07, 6.45) is 0. The average molecular weight is 529 g/mol. The molecule has 2 aliphatic rings. The van der Waals surface area contributed by atoms with Gasteiger partial charge in [0.2, 0.25) is 5.91 Å². The molecule has 5 rings (SSSR count). The van der Waals surface area contributed by atoms with Gasteiger partial charge >= 0.3 is 0 Å². The summed E-state index contributed by atoms with van der Waals surface area (Å²) in [5.74, 6) is 0.690. The van der Waals surface area contributed by atoms with Gasteiger partial charge in [-0.1, -0.05) is 48.5 Å². The minimum Gasteiger partial charge on any atom is -0.379 e. The molecule has 0 atom stereocenters. The van der Waals surface area contributed by atoms with Crippen LogP contribution in [0.3, 0.4) is 0 Å². The first-order valence-electron chi connectivity index (χ1n) is 13.7. The van der Waals surface area contributed by atoms with Crippen molar-refractivity contribution in [3.63, 3.8) is 0 Å². The standard InChI is InChI=1S/C30H36N6O3/c1-24-7-5-6-10-26(24)30(38)36(14-13-33-19-21-39-22-20-33)23-29(37)35-17-15-34(16-18-35)28-12-11-27(31-32-28)25-8-3-2-4-9-25/h2-12H,13-23H2,1H3. The van der Waals surface area contributed by atoms with Gasteiger partial charge in [0.15, 0.2) is 5.82 Å². The summed E-state index contributed by atoms with van der Waals surface area (Å²) in [5, 5.41) is 8.84. The van der Waals surface area contributed by atoms with Gasteiger partial charge in [-0.3, -0.25) is 14.5 Å². The van der Waals surface area contributed by atoms with E-state index >= 15 is 0 Å². The molecule has 9 heteroatoms. The maximum atomic E-state index is 13.5. The second-order valence-corrected chi connectivity index (χ2v) is 10.0. The van der Waals surface area contributed by atoms with Gasteiger partial charge in [0.05, 0.1) is 18.9 Å².